The summed E-state index contributed by atoms with van der Waals surface area (Å²) in [7, 11) is 0. The monoisotopic (exact) mass is 310 g/mol. The van der Waals surface area contributed by atoms with E-state index in [9.17, 15) is 4.39 Å². The molecule has 3 aromatic carbocycles. The molecule has 0 spiro atoms. The van der Waals surface area contributed by atoms with E-state index in [-0.39, 0.29) is 10.8 Å². The Kier molecular flexibility index (Phi) is 4.00. The van der Waals surface area contributed by atoms with Crippen molar-refractivity contribution in [1.82, 2.24) is 0 Å². The molecule has 0 aliphatic carbocycles. The zero-order valence-electron chi connectivity index (χ0n) is 12.5. The number of hydrogen-bond acceptors (Lipinski definition) is 0. The van der Waals surface area contributed by atoms with E-state index in [1.165, 1.54) is 0 Å². The minimum Gasteiger partial charge on any atom is -0.205 e. The zero-order chi connectivity index (χ0) is 15.7. The van der Waals surface area contributed by atoms with Gasteiger partial charge in [0.05, 0.1) is 5.02 Å². The van der Waals surface area contributed by atoms with Gasteiger partial charge in [-0.15, -0.1) is 0 Å². The van der Waals surface area contributed by atoms with E-state index in [1.807, 2.05) is 68.4 Å². The second kappa shape index (κ2) is 5.94. The van der Waals surface area contributed by atoms with E-state index in [2.05, 4.69) is 0 Å². The van der Waals surface area contributed by atoms with Crippen molar-refractivity contribution in [3.63, 3.8) is 0 Å². The van der Waals surface area contributed by atoms with Gasteiger partial charge in [-0.3, -0.25) is 0 Å². The minimum atomic E-state index is -0.372. The average molecular weight is 311 g/mol. The molecule has 0 unspecified atom stereocenters. The van der Waals surface area contributed by atoms with Gasteiger partial charge in [0.15, 0.2) is 0 Å². The number of rotatable bonds is 2. The number of aryl methyl sites for hydroxylation is 2. The lowest BCUT2D eigenvalue weighted by atomic mass is 9.98. The van der Waals surface area contributed by atoms with Crippen molar-refractivity contribution in [2.24, 2.45) is 0 Å². The molecular weight excluding hydrogens is 295 g/mol. The molecule has 0 aliphatic heterocycles. The van der Waals surface area contributed by atoms with Crippen molar-refractivity contribution in [2.45, 2.75) is 13.8 Å². The van der Waals surface area contributed by atoms with E-state index in [0.29, 0.717) is 5.56 Å². The first kappa shape index (κ1) is 14.8. The van der Waals surface area contributed by atoms with Crippen LogP contribution in [0.5, 0.6) is 0 Å². The fourth-order valence-electron chi connectivity index (χ4n) is 2.46. The molecule has 3 rings (SSSR count). The Bertz CT molecular complexity index is 732. The molecule has 3 aromatic rings. The van der Waals surface area contributed by atoms with Crippen LogP contribution in [0.4, 0.5) is 4.39 Å². The first-order chi connectivity index (χ1) is 10.6. The first-order valence-corrected chi connectivity index (χ1v) is 7.56. The number of halogens is 2. The van der Waals surface area contributed by atoms with Crippen LogP contribution in [0, 0.1) is 19.7 Å². The van der Waals surface area contributed by atoms with Crippen LogP contribution in [0.3, 0.4) is 0 Å². The van der Waals surface area contributed by atoms with Gasteiger partial charge in [-0.2, -0.15) is 0 Å². The number of hydrogen-bond donors (Lipinski definition) is 0. The summed E-state index contributed by atoms with van der Waals surface area (Å²) in [6.07, 6.45) is 0. The lowest BCUT2D eigenvalue weighted by Gasteiger charge is -2.10. The summed E-state index contributed by atoms with van der Waals surface area (Å²) in [6, 6.07) is 19.3. The van der Waals surface area contributed by atoms with Gasteiger partial charge >= 0.3 is 0 Å². The molecule has 0 saturated heterocycles. The molecule has 110 valence electrons. The quantitative estimate of drug-likeness (QED) is 0.511. The average Bonchev–Trinajstić information content (AvgIpc) is 2.52. The summed E-state index contributed by atoms with van der Waals surface area (Å²) < 4.78 is 14.7. The Labute approximate surface area is 135 Å². The van der Waals surface area contributed by atoms with Crippen LogP contribution < -0.4 is 0 Å². The van der Waals surface area contributed by atoms with Crippen LogP contribution in [0.1, 0.15) is 11.1 Å². The Hall–Kier alpha value is -2.12. The fraction of sp³-hybridized carbons (Fsp3) is 0.100. The molecule has 0 N–H and O–H groups in total. The highest BCUT2D eigenvalue weighted by Crippen LogP contribution is 2.35. The molecule has 0 nitrogen and oxygen atoms in total. The zero-order valence-corrected chi connectivity index (χ0v) is 13.3. The Morgan fingerprint density at radius 1 is 0.636 bits per heavy atom. The molecular formula is C20H16ClF. The van der Waals surface area contributed by atoms with Crippen LogP contribution in [0.2, 0.25) is 5.02 Å². The van der Waals surface area contributed by atoms with Gasteiger partial charge in [0.1, 0.15) is 5.82 Å². The third-order valence-corrected chi connectivity index (χ3v) is 4.18. The molecule has 0 amide bonds. The Morgan fingerprint density at radius 2 is 1.05 bits per heavy atom. The van der Waals surface area contributed by atoms with E-state index < -0.39 is 0 Å². The molecule has 0 heterocycles. The van der Waals surface area contributed by atoms with E-state index in [4.69, 9.17) is 11.6 Å². The van der Waals surface area contributed by atoms with Gasteiger partial charge in [-0.25, -0.2) is 4.39 Å². The highest BCUT2D eigenvalue weighted by molar-refractivity contribution is 6.33. The predicted octanol–water partition coefficient (Wildman–Crippen LogP) is 6.43. The van der Waals surface area contributed by atoms with Crippen LogP contribution in [-0.4, -0.2) is 0 Å². The van der Waals surface area contributed by atoms with Crippen molar-refractivity contribution in [3.05, 3.63) is 82.6 Å². The van der Waals surface area contributed by atoms with Gasteiger partial charge in [-0.05, 0) is 25.0 Å². The largest absolute Gasteiger partial charge is 0.205 e. The molecule has 0 fully saturated rings. The van der Waals surface area contributed by atoms with Gasteiger partial charge < -0.3 is 0 Å². The molecule has 0 bridgehead atoms. The topological polar surface area (TPSA) is 0 Å². The maximum atomic E-state index is 14.7. The lowest BCUT2D eigenvalue weighted by molar-refractivity contribution is 0.632. The summed E-state index contributed by atoms with van der Waals surface area (Å²) in [5, 5.41) is 0.168. The SMILES string of the molecule is Cc1ccc(-c2ccc(-c3ccc(C)cc3)c(Cl)c2F)cc1. The maximum Gasteiger partial charge on any atom is 0.150 e. The number of benzene rings is 3. The summed E-state index contributed by atoms with van der Waals surface area (Å²) >= 11 is 6.28. The normalized spacial score (nSPS) is 10.7. The Morgan fingerprint density at radius 3 is 1.55 bits per heavy atom. The maximum absolute atomic E-state index is 14.7. The molecule has 0 aromatic heterocycles. The minimum absolute atomic E-state index is 0.168. The predicted molar refractivity (Wildman–Crippen MR) is 91.8 cm³/mol. The van der Waals surface area contributed by atoms with Crippen LogP contribution in [0.25, 0.3) is 22.3 Å². The van der Waals surface area contributed by atoms with E-state index >= 15 is 0 Å². The van der Waals surface area contributed by atoms with E-state index in [0.717, 1.165) is 27.8 Å². The lowest BCUT2D eigenvalue weighted by Crippen LogP contribution is -1.90. The van der Waals surface area contributed by atoms with Crippen LogP contribution in [0.15, 0.2) is 60.7 Å². The van der Waals surface area contributed by atoms with Gasteiger partial charge in [0.25, 0.3) is 0 Å². The summed E-state index contributed by atoms with van der Waals surface area (Å²) in [4.78, 5) is 0. The molecule has 0 radical (unpaired) electrons. The molecule has 0 saturated carbocycles. The first-order valence-electron chi connectivity index (χ1n) is 7.18. The van der Waals surface area contributed by atoms with Crippen molar-refractivity contribution in [2.75, 3.05) is 0 Å². The highest BCUT2D eigenvalue weighted by Gasteiger charge is 2.14. The standard InChI is InChI=1S/C20H16ClF/c1-13-3-7-15(8-4-13)17-11-12-18(20(22)19(17)21)16-9-5-14(2)6-10-16/h3-12H,1-2H3. The second-order valence-electron chi connectivity index (χ2n) is 5.52. The molecule has 0 aliphatic rings. The molecule has 0 atom stereocenters. The van der Waals surface area contributed by atoms with Gasteiger partial charge in [-0.1, -0.05) is 83.4 Å². The highest BCUT2D eigenvalue weighted by atomic mass is 35.5. The van der Waals surface area contributed by atoms with Gasteiger partial charge in [0, 0.05) is 11.1 Å². The Balaban J connectivity index is 2.08. The summed E-state index contributed by atoms with van der Waals surface area (Å²) in [5.41, 5.74) is 5.31. The van der Waals surface area contributed by atoms with Gasteiger partial charge in [0.2, 0.25) is 0 Å². The summed E-state index contributed by atoms with van der Waals surface area (Å²) in [5.74, 6) is -0.372. The van der Waals surface area contributed by atoms with Crippen molar-refractivity contribution in [3.8, 4) is 22.3 Å². The third-order valence-electron chi connectivity index (χ3n) is 3.81. The second-order valence-corrected chi connectivity index (χ2v) is 5.90. The third kappa shape index (κ3) is 2.77. The molecule has 22 heavy (non-hydrogen) atoms. The van der Waals surface area contributed by atoms with Crippen LogP contribution in [-0.2, 0) is 0 Å². The fourth-order valence-corrected chi connectivity index (χ4v) is 2.74. The van der Waals surface area contributed by atoms with Crippen molar-refractivity contribution < 1.29 is 4.39 Å². The van der Waals surface area contributed by atoms with Crippen molar-refractivity contribution >= 4 is 11.6 Å². The van der Waals surface area contributed by atoms with E-state index in [1.54, 1.807) is 6.07 Å². The smallest absolute Gasteiger partial charge is 0.150 e. The summed E-state index contributed by atoms with van der Waals surface area (Å²) in [6.45, 7) is 4.03. The molecule has 2 heteroatoms. The van der Waals surface area contributed by atoms with Crippen LogP contribution >= 0.6 is 11.6 Å². The van der Waals surface area contributed by atoms with Crippen molar-refractivity contribution in [1.29, 1.82) is 0 Å².